The van der Waals surface area contributed by atoms with Crippen molar-refractivity contribution in [3.05, 3.63) is 35.5 Å². The fourth-order valence-corrected chi connectivity index (χ4v) is 3.04. The standard InChI is InChI=1S/C15H16N4O3S/c1-21-9-14-17-18-15(23-14)16-13(20)8-19-7-6-10-11(19)4-3-5-12(10)22-2/h3-7H,8-9H2,1-2H3,(H,16,18,20). The summed E-state index contributed by atoms with van der Waals surface area (Å²) in [6.07, 6.45) is 1.86. The SMILES string of the molecule is COCc1nnc(NC(=O)Cn2ccc3c(OC)cccc32)s1. The van der Waals surface area contributed by atoms with Gasteiger partial charge >= 0.3 is 0 Å². The Hall–Kier alpha value is -2.45. The lowest BCUT2D eigenvalue weighted by Gasteiger charge is -2.06. The van der Waals surface area contributed by atoms with E-state index in [-0.39, 0.29) is 12.5 Å². The number of fused-ring (bicyclic) bond motifs is 1. The molecule has 2 aromatic heterocycles. The molecule has 0 atom stereocenters. The molecule has 7 nitrogen and oxygen atoms in total. The molecular formula is C15H16N4O3S. The van der Waals surface area contributed by atoms with Crippen LogP contribution in [0.15, 0.2) is 30.5 Å². The van der Waals surface area contributed by atoms with Crippen LogP contribution in [0.4, 0.5) is 5.13 Å². The molecule has 0 aliphatic heterocycles. The maximum Gasteiger partial charge on any atom is 0.246 e. The van der Waals surface area contributed by atoms with Crippen molar-refractivity contribution < 1.29 is 14.3 Å². The first-order valence-corrected chi connectivity index (χ1v) is 7.76. The molecule has 2 heterocycles. The Morgan fingerprint density at radius 2 is 2.17 bits per heavy atom. The molecule has 8 heteroatoms. The minimum Gasteiger partial charge on any atom is -0.496 e. The highest BCUT2D eigenvalue weighted by atomic mass is 32.1. The highest BCUT2D eigenvalue weighted by Crippen LogP contribution is 2.26. The first-order chi connectivity index (χ1) is 11.2. The van der Waals surface area contributed by atoms with Crippen LogP contribution < -0.4 is 10.1 Å². The second-order valence-corrected chi connectivity index (χ2v) is 5.88. The van der Waals surface area contributed by atoms with Crippen molar-refractivity contribution in [3.63, 3.8) is 0 Å². The van der Waals surface area contributed by atoms with Gasteiger partial charge < -0.3 is 14.0 Å². The number of benzene rings is 1. The van der Waals surface area contributed by atoms with Crippen molar-refractivity contribution in [1.82, 2.24) is 14.8 Å². The zero-order valence-corrected chi connectivity index (χ0v) is 13.6. The summed E-state index contributed by atoms with van der Waals surface area (Å²) < 4.78 is 12.2. The van der Waals surface area contributed by atoms with E-state index < -0.39 is 0 Å². The van der Waals surface area contributed by atoms with Gasteiger partial charge in [0.1, 0.15) is 23.9 Å². The number of nitrogens with one attached hydrogen (secondary N) is 1. The number of carbonyl (C=O) groups excluding carboxylic acids is 1. The minimum atomic E-state index is -0.162. The third-order valence-corrected chi connectivity index (χ3v) is 4.10. The summed E-state index contributed by atoms with van der Waals surface area (Å²) in [5.74, 6) is 0.625. The Bertz CT molecular complexity index is 827. The number of carbonyl (C=O) groups is 1. The Morgan fingerprint density at radius 1 is 1.30 bits per heavy atom. The Balaban J connectivity index is 1.72. The number of amides is 1. The highest BCUT2D eigenvalue weighted by Gasteiger charge is 2.11. The molecule has 0 saturated carbocycles. The molecule has 1 amide bonds. The highest BCUT2D eigenvalue weighted by molar-refractivity contribution is 7.15. The van der Waals surface area contributed by atoms with Crippen LogP contribution in [0, 0.1) is 0 Å². The van der Waals surface area contributed by atoms with Crippen LogP contribution in [0.25, 0.3) is 10.9 Å². The molecule has 1 N–H and O–H groups in total. The van der Waals surface area contributed by atoms with E-state index >= 15 is 0 Å². The van der Waals surface area contributed by atoms with Crippen molar-refractivity contribution in [2.45, 2.75) is 13.2 Å². The lowest BCUT2D eigenvalue weighted by molar-refractivity contribution is -0.116. The van der Waals surface area contributed by atoms with E-state index in [9.17, 15) is 4.79 Å². The number of hydrogen-bond donors (Lipinski definition) is 1. The predicted molar refractivity (Wildman–Crippen MR) is 87.7 cm³/mol. The van der Waals surface area contributed by atoms with Crippen LogP contribution in [0.3, 0.4) is 0 Å². The second kappa shape index (κ2) is 6.76. The van der Waals surface area contributed by atoms with E-state index in [0.717, 1.165) is 21.7 Å². The summed E-state index contributed by atoms with van der Waals surface area (Å²) in [6, 6.07) is 7.68. The summed E-state index contributed by atoms with van der Waals surface area (Å²) in [5.41, 5.74) is 0.942. The second-order valence-electron chi connectivity index (χ2n) is 4.82. The number of hydrogen-bond acceptors (Lipinski definition) is 6. The molecule has 0 aliphatic rings. The van der Waals surface area contributed by atoms with Crippen LogP contribution in [0.1, 0.15) is 5.01 Å². The van der Waals surface area contributed by atoms with Crippen molar-refractivity contribution in [2.75, 3.05) is 19.5 Å². The molecule has 3 rings (SSSR count). The van der Waals surface area contributed by atoms with Gasteiger partial charge in [0.05, 0.1) is 12.6 Å². The summed E-state index contributed by atoms with van der Waals surface area (Å²) >= 11 is 1.30. The summed E-state index contributed by atoms with van der Waals surface area (Å²) in [7, 11) is 3.22. The van der Waals surface area contributed by atoms with Gasteiger partial charge in [-0.25, -0.2) is 0 Å². The third kappa shape index (κ3) is 3.33. The molecule has 3 aromatic rings. The van der Waals surface area contributed by atoms with E-state index in [1.165, 1.54) is 11.3 Å². The minimum absolute atomic E-state index is 0.162. The Labute approximate surface area is 136 Å². The average molecular weight is 332 g/mol. The smallest absolute Gasteiger partial charge is 0.246 e. The number of nitrogens with zero attached hydrogens (tertiary/aromatic N) is 3. The molecule has 1 aromatic carbocycles. The van der Waals surface area contributed by atoms with Crippen molar-refractivity contribution in [2.24, 2.45) is 0 Å². The third-order valence-electron chi connectivity index (χ3n) is 3.29. The first kappa shape index (κ1) is 15.4. The topological polar surface area (TPSA) is 78.3 Å². The van der Waals surface area contributed by atoms with Gasteiger partial charge in [-0.1, -0.05) is 17.4 Å². The monoisotopic (exact) mass is 332 g/mol. The first-order valence-electron chi connectivity index (χ1n) is 6.94. The summed E-state index contributed by atoms with van der Waals surface area (Å²) in [6.45, 7) is 0.575. The van der Waals surface area contributed by atoms with E-state index in [1.54, 1.807) is 14.2 Å². The van der Waals surface area contributed by atoms with Gasteiger partial charge in [-0.2, -0.15) is 0 Å². The average Bonchev–Trinajstić information content (AvgIpc) is 3.15. The molecule has 0 bridgehead atoms. The van der Waals surface area contributed by atoms with Gasteiger partial charge in [-0.15, -0.1) is 10.2 Å². The van der Waals surface area contributed by atoms with E-state index in [2.05, 4.69) is 15.5 Å². The van der Waals surface area contributed by atoms with Crippen molar-refractivity contribution in [3.8, 4) is 5.75 Å². The molecule has 23 heavy (non-hydrogen) atoms. The lowest BCUT2D eigenvalue weighted by atomic mass is 10.2. The molecule has 0 unspecified atom stereocenters. The number of rotatable bonds is 6. The number of methoxy groups -OCH3 is 2. The molecule has 120 valence electrons. The van der Waals surface area contributed by atoms with E-state index in [0.29, 0.717) is 11.7 Å². The Kier molecular flexibility index (Phi) is 4.54. The number of aromatic nitrogens is 3. The van der Waals surface area contributed by atoms with E-state index in [1.807, 2.05) is 35.0 Å². The summed E-state index contributed by atoms with van der Waals surface area (Å²) in [5, 5.41) is 12.8. The predicted octanol–water partition coefficient (Wildman–Crippen LogP) is 2.29. The zero-order valence-electron chi connectivity index (χ0n) is 12.8. The Morgan fingerprint density at radius 3 is 2.96 bits per heavy atom. The van der Waals surface area contributed by atoms with Crippen LogP contribution in [-0.4, -0.2) is 34.9 Å². The maximum atomic E-state index is 12.2. The molecule has 0 fully saturated rings. The van der Waals surface area contributed by atoms with Crippen LogP contribution in [-0.2, 0) is 22.7 Å². The fraction of sp³-hybridized carbons (Fsp3) is 0.267. The molecule has 0 saturated heterocycles. The molecular weight excluding hydrogens is 316 g/mol. The van der Waals surface area contributed by atoms with Gasteiger partial charge in [0.25, 0.3) is 0 Å². The summed E-state index contributed by atoms with van der Waals surface area (Å²) in [4.78, 5) is 12.2. The quantitative estimate of drug-likeness (QED) is 0.749. The normalized spacial score (nSPS) is 10.9. The fourth-order valence-electron chi connectivity index (χ4n) is 2.31. The molecule has 0 radical (unpaired) electrons. The van der Waals surface area contributed by atoms with Gasteiger partial charge in [-0.05, 0) is 18.2 Å². The molecule has 0 aliphatic carbocycles. The van der Waals surface area contributed by atoms with Gasteiger partial charge in [0.2, 0.25) is 11.0 Å². The van der Waals surface area contributed by atoms with Crippen molar-refractivity contribution in [1.29, 1.82) is 0 Å². The maximum absolute atomic E-state index is 12.2. The molecule has 0 spiro atoms. The zero-order chi connectivity index (χ0) is 16.2. The number of anilines is 1. The number of ether oxygens (including phenoxy) is 2. The van der Waals surface area contributed by atoms with Crippen LogP contribution in [0.5, 0.6) is 5.75 Å². The van der Waals surface area contributed by atoms with Gasteiger partial charge in [0, 0.05) is 18.7 Å². The van der Waals surface area contributed by atoms with Crippen LogP contribution in [0.2, 0.25) is 0 Å². The van der Waals surface area contributed by atoms with Gasteiger partial charge in [-0.3, -0.25) is 10.1 Å². The largest absolute Gasteiger partial charge is 0.496 e. The van der Waals surface area contributed by atoms with Crippen molar-refractivity contribution >= 4 is 33.3 Å². The van der Waals surface area contributed by atoms with Gasteiger partial charge in [0.15, 0.2) is 0 Å². The van der Waals surface area contributed by atoms with E-state index in [4.69, 9.17) is 9.47 Å². The van der Waals surface area contributed by atoms with Crippen LogP contribution >= 0.6 is 11.3 Å². The lowest BCUT2D eigenvalue weighted by Crippen LogP contribution is -2.18.